The average Bonchev–Trinajstić information content (AvgIpc) is 2.87. The normalized spacial score (nSPS) is 17.9. The zero-order chi connectivity index (χ0) is 16.7. The van der Waals surface area contributed by atoms with Gasteiger partial charge in [0.05, 0.1) is 15.6 Å². The topological polar surface area (TPSA) is 70.9 Å². The molecule has 130 valence electrons. The van der Waals surface area contributed by atoms with Gasteiger partial charge in [0.15, 0.2) is 0 Å². The summed E-state index contributed by atoms with van der Waals surface area (Å²) >= 11 is 7.02. The van der Waals surface area contributed by atoms with Crippen LogP contribution in [0.3, 0.4) is 0 Å². The van der Waals surface area contributed by atoms with Crippen molar-refractivity contribution in [1.82, 2.24) is 9.55 Å². The minimum atomic E-state index is 0. The third kappa shape index (κ3) is 3.30. The van der Waals surface area contributed by atoms with Crippen LogP contribution in [0, 0.1) is 11.3 Å². The zero-order valence-corrected chi connectivity index (χ0v) is 17.6. The standard InChI is InChI=1S/C16H19Br2N5.ClH/c1-9(2)23-13-6-12(17)14(18)11(7-19)15(13)21-16(23)22-5-3-4-10(20)8-22;/h6,9-10H,3-5,8,20H2,1-2H3;1H/t10-;/m1./s1. The third-order valence-corrected chi connectivity index (χ3v) is 6.21. The molecule has 2 N–H and O–H groups in total. The van der Waals surface area contributed by atoms with Crippen LogP contribution in [-0.2, 0) is 0 Å². The van der Waals surface area contributed by atoms with E-state index in [1.807, 2.05) is 6.07 Å². The van der Waals surface area contributed by atoms with Crippen molar-refractivity contribution >= 4 is 61.2 Å². The molecule has 1 aromatic heterocycles. The van der Waals surface area contributed by atoms with E-state index >= 15 is 0 Å². The molecule has 1 aromatic carbocycles. The molecule has 24 heavy (non-hydrogen) atoms. The average molecular weight is 478 g/mol. The van der Waals surface area contributed by atoms with E-state index in [0.717, 1.165) is 51.9 Å². The Balaban J connectivity index is 0.00000208. The SMILES string of the molecule is CC(C)n1c(N2CCC[C@@H](N)C2)nc2c(C#N)c(Br)c(Br)cc21.Cl. The molecule has 8 heteroatoms. The molecule has 3 rings (SSSR count). The second-order valence-corrected chi connectivity index (χ2v) is 7.90. The van der Waals surface area contributed by atoms with Crippen LogP contribution in [0.2, 0.25) is 0 Å². The van der Waals surface area contributed by atoms with Crippen molar-refractivity contribution in [1.29, 1.82) is 5.26 Å². The molecule has 0 bridgehead atoms. The van der Waals surface area contributed by atoms with Crippen LogP contribution in [0.25, 0.3) is 11.0 Å². The first kappa shape index (κ1) is 19.5. The summed E-state index contributed by atoms with van der Waals surface area (Å²) in [6.45, 7) is 6.03. The number of nitrogens with zero attached hydrogens (tertiary/aromatic N) is 4. The van der Waals surface area contributed by atoms with Gasteiger partial charge in [-0.3, -0.25) is 0 Å². The van der Waals surface area contributed by atoms with Gasteiger partial charge in [-0.1, -0.05) is 0 Å². The van der Waals surface area contributed by atoms with Crippen LogP contribution in [-0.4, -0.2) is 28.7 Å². The number of anilines is 1. The van der Waals surface area contributed by atoms with Gasteiger partial charge < -0.3 is 15.2 Å². The Bertz CT molecular complexity index is 796. The number of imidazole rings is 1. The van der Waals surface area contributed by atoms with E-state index in [9.17, 15) is 5.26 Å². The molecular weight excluding hydrogens is 457 g/mol. The van der Waals surface area contributed by atoms with E-state index < -0.39 is 0 Å². The van der Waals surface area contributed by atoms with Gasteiger partial charge >= 0.3 is 0 Å². The number of nitrogens with two attached hydrogens (primary N) is 1. The minimum absolute atomic E-state index is 0. The summed E-state index contributed by atoms with van der Waals surface area (Å²) in [6, 6.07) is 4.72. The molecule has 2 aromatic rings. The van der Waals surface area contributed by atoms with Crippen molar-refractivity contribution in [2.45, 2.75) is 38.8 Å². The minimum Gasteiger partial charge on any atom is -0.341 e. The summed E-state index contributed by atoms with van der Waals surface area (Å²) in [5.74, 6) is 0.909. The van der Waals surface area contributed by atoms with Gasteiger partial charge in [0.2, 0.25) is 5.95 Å². The van der Waals surface area contributed by atoms with Crippen LogP contribution in [0.1, 0.15) is 38.3 Å². The maximum absolute atomic E-state index is 9.55. The summed E-state index contributed by atoms with van der Waals surface area (Å²) < 4.78 is 3.82. The second-order valence-electron chi connectivity index (χ2n) is 6.25. The maximum atomic E-state index is 9.55. The lowest BCUT2D eigenvalue weighted by atomic mass is 10.1. The number of rotatable bonds is 2. The molecule has 0 unspecified atom stereocenters. The number of nitriles is 1. The summed E-state index contributed by atoms with van der Waals surface area (Å²) in [5, 5.41) is 9.55. The first-order valence-corrected chi connectivity index (χ1v) is 9.33. The van der Waals surface area contributed by atoms with Crippen LogP contribution < -0.4 is 10.6 Å². The highest BCUT2D eigenvalue weighted by molar-refractivity contribution is 9.13. The molecule has 0 amide bonds. The Kier molecular flexibility index (Phi) is 6.19. The van der Waals surface area contributed by atoms with E-state index in [2.05, 4.69) is 61.2 Å². The third-order valence-electron chi connectivity index (χ3n) is 4.23. The lowest BCUT2D eigenvalue weighted by molar-refractivity contribution is 0.487. The van der Waals surface area contributed by atoms with Gasteiger partial charge in [0.1, 0.15) is 11.6 Å². The van der Waals surface area contributed by atoms with Gasteiger partial charge in [-0.25, -0.2) is 4.98 Å². The van der Waals surface area contributed by atoms with Crippen molar-refractivity contribution in [3.63, 3.8) is 0 Å². The molecule has 2 heterocycles. The Hall–Kier alpha value is -0.810. The highest BCUT2D eigenvalue weighted by Gasteiger charge is 2.25. The molecule has 0 spiro atoms. The van der Waals surface area contributed by atoms with Crippen LogP contribution in [0.15, 0.2) is 15.0 Å². The molecule has 0 saturated carbocycles. The number of hydrogen-bond donors (Lipinski definition) is 1. The second kappa shape index (κ2) is 7.61. The summed E-state index contributed by atoms with van der Waals surface area (Å²) in [7, 11) is 0. The highest BCUT2D eigenvalue weighted by atomic mass is 79.9. The quantitative estimate of drug-likeness (QED) is 0.698. The Morgan fingerprint density at radius 3 is 2.71 bits per heavy atom. The monoisotopic (exact) mass is 475 g/mol. The molecule has 1 aliphatic heterocycles. The van der Waals surface area contributed by atoms with Gasteiger partial charge in [0.25, 0.3) is 0 Å². The van der Waals surface area contributed by atoms with Crippen LogP contribution >= 0.6 is 44.3 Å². The molecule has 0 radical (unpaired) electrons. The highest BCUT2D eigenvalue weighted by Crippen LogP contribution is 2.37. The van der Waals surface area contributed by atoms with Gasteiger partial charge in [-0.15, -0.1) is 12.4 Å². The molecular formula is C16H20Br2ClN5. The predicted octanol–water partition coefficient (Wildman–Crippen LogP) is 4.36. The molecule has 1 aliphatic rings. The van der Waals surface area contributed by atoms with Crippen molar-refractivity contribution in [3.8, 4) is 6.07 Å². The molecule has 1 saturated heterocycles. The summed E-state index contributed by atoms with van der Waals surface area (Å²) in [6.07, 6.45) is 2.12. The molecule has 1 atom stereocenters. The van der Waals surface area contributed by atoms with E-state index in [1.54, 1.807) is 0 Å². The predicted molar refractivity (Wildman–Crippen MR) is 107 cm³/mol. The van der Waals surface area contributed by atoms with Gasteiger partial charge in [0, 0.05) is 29.6 Å². The number of halogens is 3. The van der Waals surface area contributed by atoms with E-state index in [1.165, 1.54) is 0 Å². The van der Waals surface area contributed by atoms with Crippen LogP contribution in [0.4, 0.5) is 5.95 Å². The first-order valence-electron chi connectivity index (χ1n) is 7.74. The fourth-order valence-corrected chi connectivity index (χ4v) is 3.99. The molecule has 1 fully saturated rings. The Morgan fingerprint density at radius 2 is 2.12 bits per heavy atom. The van der Waals surface area contributed by atoms with E-state index in [-0.39, 0.29) is 24.5 Å². The van der Waals surface area contributed by atoms with Crippen molar-refractivity contribution in [2.75, 3.05) is 18.0 Å². The summed E-state index contributed by atoms with van der Waals surface area (Å²) in [4.78, 5) is 7.07. The lowest BCUT2D eigenvalue weighted by Crippen LogP contribution is -2.44. The smallest absolute Gasteiger partial charge is 0.206 e. The van der Waals surface area contributed by atoms with Crippen molar-refractivity contribution in [3.05, 3.63) is 20.6 Å². The fraction of sp³-hybridized carbons (Fsp3) is 0.500. The van der Waals surface area contributed by atoms with Crippen molar-refractivity contribution in [2.24, 2.45) is 5.73 Å². The number of fused-ring (bicyclic) bond motifs is 1. The van der Waals surface area contributed by atoms with Gasteiger partial charge in [-0.2, -0.15) is 5.26 Å². The zero-order valence-electron chi connectivity index (χ0n) is 13.6. The van der Waals surface area contributed by atoms with Crippen LogP contribution in [0.5, 0.6) is 0 Å². The molecule has 5 nitrogen and oxygen atoms in total. The Labute approximate surface area is 164 Å². The number of piperidine rings is 1. The first-order chi connectivity index (χ1) is 10.9. The van der Waals surface area contributed by atoms with E-state index in [0.29, 0.717) is 5.56 Å². The maximum Gasteiger partial charge on any atom is 0.206 e. The lowest BCUT2D eigenvalue weighted by Gasteiger charge is -2.32. The Morgan fingerprint density at radius 1 is 1.42 bits per heavy atom. The van der Waals surface area contributed by atoms with Crippen molar-refractivity contribution < 1.29 is 0 Å². The number of hydrogen-bond acceptors (Lipinski definition) is 4. The number of aromatic nitrogens is 2. The largest absolute Gasteiger partial charge is 0.341 e. The number of benzene rings is 1. The molecule has 0 aliphatic carbocycles. The van der Waals surface area contributed by atoms with Gasteiger partial charge in [-0.05, 0) is 64.6 Å². The summed E-state index contributed by atoms with van der Waals surface area (Å²) in [5.41, 5.74) is 8.42. The van der Waals surface area contributed by atoms with E-state index in [4.69, 9.17) is 10.7 Å². The fourth-order valence-electron chi connectivity index (χ4n) is 3.19.